The molecule has 1 aromatic carbocycles. The third-order valence-corrected chi connectivity index (χ3v) is 3.67. The third-order valence-electron chi connectivity index (χ3n) is 3.67. The van der Waals surface area contributed by atoms with Crippen LogP contribution in [0.4, 0.5) is 0 Å². The van der Waals surface area contributed by atoms with Gasteiger partial charge in [0.05, 0.1) is 0 Å². The molecule has 0 spiro atoms. The number of aromatic hydroxyl groups is 1. The first kappa shape index (κ1) is 10.5. The number of phenols is 1. The molecule has 0 aromatic heterocycles. The second kappa shape index (κ2) is 4.23. The summed E-state index contributed by atoms with van der Waals surface area (Å²) in [6.07, 6.45) is 3.22. The largest absolute Gasteiger partial charge is 0.508 e. The first-order valence-corrected chi connectivity index (χ1v) is 5.72. The van der Waals surface area contributed by atoms with Gasteiger partial charge in [-0.25, -0.2) is 0 Å². The summed E-state index contributed by atoms with van der Waals surface area (Å²) in [6.45, 7) is 2.98. The van der Waals surface area contributed by atoms with Gasteiger partial charge in [0.2, 0.25) is 0 Å². The minimum Gasteiger partial charge on any atom is -0.508 e. The highest BCUT2D eigenvalue weighted by molar-refractivity contribution is 5.41. The van der Waals surface area contributed by atoms with E-state index < -0.39 is 0 Å². The molecule has 2 atom stereocenters. The fourth-order valence-electron chi connectivity index (χ4n) is 2.49. The molecular formula is C13H19NO. The quantitative estimate of drug-likeness (QED) is 0.776. The topological polar surface area (TPSA) is 46.2 Å². The Labute approximate surface area is 91.1 Å². The Morgan fingerprint density at radius 2 is 2.33 bits per heavy atom. The summed E-state index contributed by atoms with van der Waals surface area (Å²) in [7, 11) is 0. The lowest BCUT2D eigenvalue weighted by molar-refractivity contribution is 0.323. The lowest BCUT2D eigenvalue weighted by Gasteiger charge is -2.29. The zero-order valence-corrected chi connectivity index (χ0v) is 9.24. The minimum absolute atomic E-state index is 0.464. The van der Waals surface area contributed by atoms with Gasteiger partial charge in [-0.2, -0.15) is 0 Å². The fraction of sp³-hybridized carbons (Fsp3) is 0.538. The SMILES string of the molecule is CC(CN)C1CCc2c(O)cccc2C1. The van der Waals surface area contributed by atoms with Crippen LogP contribution in [0.5, 0.6) is 5.75 Å². The Balaban J connectivity index is 2.20. The zero-order valence-electron chi connectivity index (χ0n) is 9.24. The van der Waals surface area contributed by atoms with E-state index in [2.05, 4.69) is 13.0 Å². The van der Waals surface area contributed by atoms with Crippen LogP contribution in [0.15, 0.2) is 18.2 Å². The van der Waals surface area contributed by atoms with E-state index in [4.69, 9.17) is 5.73 Å². The molecule has 1 aromatic rings. The summed E-state index contributed by atoms with van der Waals surface area (Å²) < 4.78 is 0. The van der Waals surface area contributed by atoms with Crippen LogP contribution in [0.25, 0.3) is 0 Å². The Kier molecular flexibility index (Phi) is 2.96. The van der Waals surface area contributed by atoms with Crippen molar-refractivity contribution in [2.24, 2.45) is 17.6 Å². The van der Waals surface area contributed by atoms with E-state index in [0.717, 1.165) is 31.4 Å². The first-order valence-electron chi connectivity index (χ1n) is 5.72. The minimum atomic E-state index is 0.464. The Morgan fingerprint density at radius 1 is 1.53 bits per heavy atom. The molecule has 2 nitrogen and oxygen atoms in total. The monoisotopic (exact) mass is 205 g/mol. The molecule has 2 heteroatoms. The second-order valence-electron chi connectivity index (χ2n) is 4.63. The van der Waals surface area contributed by atoms with Gasteiger partial charge in [-0.05, 0) is 54.8 Å². The van der Waals surface area contributed by atoms with Crippen molar-refractivity contribution < 1.29 is 5.11 Å². The summed E-state index contributed by atoms with van der Waals surface area (Å²) >= 11 is 0. The molecule has 3 N–H and O–H groups in total. The molecule has 2 unspecified atom stereocenters. The van der Waals surface area contributed by atoms with E-state index in [1.807, 2.05) is 6.07 Å². The number of fused-ring (bicyclic) bond motifs is 1. The van der Waals surface area contributed by atoms with Gasteiger partial charge in [-0.15, -0.1) is 0 Å². The van der Waals surface area contributed by atoms with Crippen molar-refractivity contribution >= 4 is 0 Å². The lowest BCUT2D eigenvalue weighted by Crippen LogP contribution is -2.26. The van der Waals surface area contributed by atoms with E-state index in [9.17, 15) is 5.11 Å². The third kappa shape index (κ3) is 2.00. The maximum atomic E-state index is 9.71. The maximum Gasteiger partial charge on any atom is 0.119 e. The van der Waals surface area contributed by atoms with Crippen molar-refractivity contribution in [2.45, 2.75) is 26.2 Å². The fourth-order valence-corrected chi connectivity index (χ4v) is 2.49. The van der Waals surface area contributed by atoms with Gasteiger partial charge in [-0.3, -0.25) is 0 Å². The van der Waals surface area contributed by atoms with Gasteiger partial charge < -0.3 is 10.8 Å². The summed E-state index contributed by atoms with van der Waals surface area (Å²) in [6, 6.07) is 5.85. The molecule has 0 aliphatic heterocycles. The summed E-state index contributed by atoms with van der Waals surface area (Å²) in [5.41, 5.74) is 8.17. The highest BCUT2D eigenvalue weighted by Crippen LogP contribution is 2.34. The van der Waals surface area contributed by atoms with Gasteiger partial charge in [0.1, 0.15) is 5.75 Å². The average Bonchev–Trinajstić information content (AvgIpc) is 2.28. The first-order chi connectivity index (χ1) is 7.22. The Bertz CT molecular complexity index is 348. The standard InChI is InChI=1S/C13H19NO/c1-9(8-14)10-5-6-12-11(7-10)3-2-4-13(12)15/h2-4,9-10,15H,5-8,14H2,1H3. The van der Waals surface area contributed by atoms with Crippen LogP contribution in [0.2, 0.25) is 0 Å². The van der Waals surface area contributed by atoms with Gasteiger partial charge >= 0.3 is 0 Å². The van der Waals surface area contributed by atoms with Crippen LogP contribution in [-0.2, 0) is 12.8 Å². The average molecular weight is 205 g/mol. The lowest BCUT2D eigenvalue weighted by atomic mass is 9.77. The molecule has 0 saturated heterocycles. The van der Waals surface area contributed by atoms with Crippen molar-refractivity contribution in [3.8, 4) is 5.75 Å². The number of nitrogens with two attached hydrogens (primary N) is 1. The van der Waals surface area contributed by atoms with Crippen LogP contribution in [0, 0.1) is 11.8 Å². The van der Waals surface area contributed by atoms with Crippen LogP contribution < -0.4 is 5.73 Å². The van der Waals surface area contributed by atoms with Crippen molar-refractivity contribution in [2.75, 3.05) is 6.54 Å². The van der Waals surface area contributed by atoms with Crippen molar-refractivity contribution in [3.63, 3.8) is 0 Å². The molecule has 82 valence electrons. The predicted molar refractivity (Wildman–Crippen MR) is 61.8 cm³/mol. The predicted octanol–water partition coefficient (Wildman–Crippen LogP) is 2.09. The summed E-state index contributed by atoms with van der Waals surface area (Å²) in [4.78, 5) is 0. The van der Waals surface area contributed by atoms with Gasteiger partial charge in [-0.1, -0.05) is 19.1 Å². The molecule has 15 heavy (non-hydrogen) atoms. The van der Waals surface area contributed by atoms with Crippen molar-refractivity contribution in [1.29, 1.82) is 0 Å². The molecular weight excluding hydrogens is 186 g/mol. The Hall–Kier alpha value is -1.02. The molecule has 2 rings (SSSR count). The smallest absolute Gasteiger partial charge is 0.119 e. The van der Waals surface area contributed by atoms with E-state index >= 15 is 0 Å². The van der Waals surface area contributed by atoms with E-state index in [1.165, 1.54) is 5.56 Å². The van der Waals surface area contributed by atoms with Crippen LogP contribution in [0.3, 0.4) is 0 Å². The zero-order chi connectivity index (χ0) is 10.8. The van der Waals surface area contributed by atoms with E-state index in [1.54, 1.807) is 6.07 Å². The van der Waals surface area contributed by atoms with Crippen LogP contribution >= 0.6 is 0 Å². The number of rotatable bonds is 2. The van der Waals surface area contributed by atoms with Crippen molar-refractivity contribution in [3.05, 3.63) is 29.3 Å². The highest BCUT2D eigenvalue weighted by atomic mass is 16.3. The maximum absolute atomic E-state index is 9.71. The van der Waals surface area contributed by atoms with Crippen LogP contribution in [-0.4, -0.2) is 11.7 Å². The molecule has 1 aliphatic carbocycles. The summed E-state index contributed by atoms with van der Waals surface area (Å²) in [5.74, 6) is 1.73. The van der Waals surface area contributed by atoms with E-state index in [-0.39, 0.29) is 0 Å². The Morgan fingerprint density at radius 3 is 3.07 bits per heavy atom. The number of phenolic OH excluding ortho intramolecular Hbond substituents is 1. The summed E-state index contributed by atoms with van der Waals surface area (Å²) in [5, 5.41) is 9.71. The molecule has 0 amide bonds. The second-order valence-corrected chi connectivity index (χ2v) is 4.63. The van der Waals surface area contributed by atoms with Gasteiger partial charge in [0, 0.05) is 0 Å². The van der Waals surface area contributed by atoms with Gasteiger partial charge in [0.15, 0.2) is 0 Å². The molecule has 0 fully saturated rings. The number of hydrogen-bond donors (Lipinski definition) is 2. The molecule has 0 saturated carbocycles. The van der Waals surface area contributed by atoms with Crippen LogP contribution in [0.1, 0.15) is 24.5 Å². The van der Waals surface area contributed by atoms with Crippen molar-refractivity contribution in [1.82, 2.24) is 0 Å². The number of hydrogen-bond acceptors (Lipinski definition) is 2. The number of benzene rings is 1. The van der Waals surface area contributed by atoms with E-state index in [0.29, 0.717) is 17.6 Å². The molecule has 0 heterocycles. The molecule has 0 bridgehead atoms. The normalized spacial score (nSPS) is 22.1. The molecule has 0 radical (unpaired) electrons. The highest BCUT2D eigenvalue weighted by Gasteiger charge is 2.23. The molecule has 1 aliphatic rings. The van der Waals surface area contributed by atoms with Gasteiger partial charge in [0.25, 0.3) is 0 Å².